The van der Waals surface area contributed by atoms with Gasteiger partial charge < -0.3 is 10.2 Å². The van der Waals surface area contributed by atoms with Gasteiger partial charge in [-0.3, -0.25) is 14.4 Å². The van der Waals surface area contributed by atoms with Crippen LogP contribution in [0.15, 0.2) is 29.4 Å². The lowest BCUT2D eigenvalue weighted by Gasteiger charge is -2.19. The average molecular weight is 306 g/mol. The van der Waals surface area contributed by atoms with Crippen molar-refractivity contribution in [1.29, 1.82) is 0 Å². The topological polar surface area (TPSA) is 90.9 Å². The van der Waals surface area contributed by atoms with Gasteiger partial charge in [0, 0.05) is 25.6 Å². The van der Waals surface area contributed by atoms with Crippen LogP contribution >= 0.6 is 0 Å². The van der Waals surface area contributed by atoms with E-state index in [9.17, 15) is 18.8 Å². The summed E-state index contributed by atoms with van der Waals surface area (Å²) < 4.78 is 13.0. The maximum Gasteiger partial charge on any atom is 0.270 e. The third-order valence-corrected chi connectivity index (χ3v) is 2.99. The van der Waals surface area contributed by atoms with Crippen molar-refractivity contribution in [3.8, 4) is 0 Å². The van der Waals surface area contributed by atoms with Crippen molar-refractivity contribution in [1.82, 2.24) is 10.3 Å². The number of halogens is 1. The lowest BCUT2D eigenvalue weighted by atomic mass is 10.1. The molecule has 1 aromatic rings. The van der Waals surface area contributed by atoms with Crippen LogP contribution in [0.5, 0.6) is 0 Å². The number of benzene rings is 1. The van der Waals surface area contributed by atoms with Crippen molar-refractivity contribution in [3.05, 3.63) is 30.1 Å². The van der Waals surface area contributed by atoms with Gasteiger partial charge in [0.15, 0.2) is 0 Å². The summed E-state index contributed by atoms with van der Waals surface area (Å²) in [6.45, 7) is -0.206. The minimum absolute atomic E-state index is 0.188. The number of hydrogen-bond donors (Lipinski definition) is 2. The fourth-order valence-corrected chi connectivity index (χ4v) is 1.90. The van der Waals surface area contributed by atoms with Crippen molar-refractivity contribution in [2.45, 2.75) is 12.8 Å². The summed E-state index contributed by atoms with van der Waals surface area (Å²) in [5, 5.41) is 6.18. The Hall–Kier alpha value is -2.77. The highest BCUT2D eigenvalue weighted by Gasteiger charge is 2.22. The first-order valence-electron chi connectivity index (χ1n) is 6.62. The van der Waals surface area contributed by atoms with E-state index in [0.29, 0.717) is 5.69 Å². The Kier molecular flexibility index (Phi) is 4.82. The van der Waals surface area contributed by atoms with Gasteiger partial charge in [0.25, 0.3) is 5.91 Å². The van der Waals surface area contributed by atoms with Crippen LogP contribution in [0, 0.1) is 5.82 Å². The number of anilines is 1. The van der Waals surface area contributed by atoms with E-state index in [-0.39, 0.29) is 31.0 Å². The van der Waals surface area contributed by atoms with Gasteiger partial charge in [-0.05, 0) is 18.2 Å². The van der Waals surface area contributed by atoms with Crippen LogP contribution in [0.1, 0.15) is 12.8 Å². The Bertz CT molecular complexity index is 645. The zero-order valence-corrected chi connectivity index (χ0v) is 11.9. The number of hydrazone groups is 1. The van der Waals surface area contributed by atoms with Gasteiger partial charge in [-0.2, -0.15) is 5.10 Å². The second kappa shape index (κ2) is 6.79. The van der Waals surface area contributed by atoms with Crippen molar-refractivity contribution < 1.29 is 18.8 Å². The molecule has 0 spiro atoms. The monoisotopic (exact) mass is 306 g/mol. The molecule has 0 saturated carbocycles. The third-order valence-electron chi connectivity index (χ3n) is 2.99. The summed E-state index contributed by atoms with van der Waals surface area (Å²) >= 11 is 0. The molecule has 3 amide bonds. The van der Waals surface area contributed by atoms with Crippen molar-refractivity contribution in [2.75, 3.05) is 18.9 Å². The van der Waals surface area contributed by atoms with Gasteiger partial charge in [-0.1, -0.05) is 6.07 Å². The first-order valence-corrected chi connectivity index (χ1v) is 6.62. The quantitative estimate of drug-likeness (QED) is 0.848. The molecule has 1 aliphatic rings. The van der Waals surface area contributed by atoms with Gasteiger partial charge in [-0.25, -0.2) is 9.82 Å². The van der Waals surface area contributed by atoms with E-state index in [4.69, 9.17) is 0 Å². The fraction of sp³-hybridized carbons (Fsp3) is 0.286. The number of nitrogens with one attached hydrogen (secondary N) is 2. The molecule has 2 N–H and O–H groups in total. The molecule has 0 radical (unpaired) electrons. The number of hydrogen-bond acceptors (Lipinski definition) is 4. The molecule has 0 fully saturated rings. The van der Waals surface area contributed by atoms with Crippen LogP contribution < -0.4 is 10.7 Å². The van der Waals surface area contributed by atoms with Crippen LogP contribution in [-0.2, 0) is 14.4 Å². The van der Waals surface area contributed by atoms with Crippen molar-refractivity contribution in [2.24, 2.45) is 5.10 Å². The molecule has 0 aromatic heterocycles. The smallest absolute Gasteiger partial charge is 0.270 e. The fourth-order valence-electron chi connectivity index (χ4n) is 1.90. The zero-order chi connectivity index (χ0) is 16.1. The zero-order valence-electron chi connectivity index (χ0n) is 11.9. The molecule has 1 heterocycles. The molecule has 0 bridgehead atoms. The number of carbonyl (C=O) groups is 3. The van der Waals surface area contributed by atoms with Crippen LogP contribution in [0.4, 0.5) is 10.1 Å². The van der Waals surface area contributed by atoms with Gasteiger partial charge in [0.05, 0.1) is 6.54 Å². The summed E-state index contributed by atoms with van der Waals surface area (Å²) in [4.78, 5) is 36.0. The highest BCUT2D eigenvalue weighted by molar-refractivity contribution is 6.39. The predicted molar refractivity (Wildman–Crippen MR) is 77.5 cm³/mol. The summed E-state index contributed by atoms with van der Waals surface area (Å²) in [7, 11) is 1.45. The first-order chi connectivity index (χ1) is 10.5. The van der Waals surface area contributed by atoms with E-state index in [1.807, 2.05) is 0 Å². The SMILES string of the molecule is CN(CC(=O)Nc1cccc(F)c1)C(=O)C1=NNC(=O)CC1. The molecule has 116 valence electrons. The van der Waals surface area contributed by atoms with Crippen LogP contribution in [-0.4, -0.2) is 41.9 Å². The molecule has 2 rings (SSSR count). The normalized spacial score (nSPS) is 13.9. The molecule has 0 aliphatic carbocycles. The maximum atomic E-state index is 13.0. The number of carbonyl (C=O) groups excluding carboxylic acids is 3. The van der Waals surface area contributed by atoms with Crippen molar-refractivity contribution in [3.63, 3.8) is 0 Å². The molecule has 0 saturated heterocycles. The highest BCUT2D eigenvalue weighted by Crippen LogP contribution is 2.09. The van der Waals surface area contributed by atoms with E-state index in [1.54, 1.807) is 6.07 Å². The lowest BCUT2D eigenvalue weighted by molar-refractivity contribution is -0.128. The molecule has 22 heavy (non-hydrogen) atoms. The Morgan fingerprint density at radius 3 is 2.82 bits per heavy atom. The molecular formula is C14H15FN4O3. The van der Waals surface area contributed by atoms with E-state index >= 15 is 0 Å². The standard InChI is InChI=1S/C14H15FN4O3/c1-19(14(22)11-5-6-12(20)18-17-11)8-13(21)16-10-4-2-3-9(15)7-10/h2-4,7H,5-6,8H2,1H3,(H,16,21)(H,18,20). The molecule has 1 aromatic carbocycles. The first kappa shape index (κ1) is 15.6. The molecule has 1 aliphatic heterocycles. The van der Waals surface area contributed by atoms with Gasteiger partial charge in [0.1, 0.15) is 11.5 Å². The lowest BCUT2D eigenvalue weighted by Crippen LogP contribution is -2.41. The summed E-state index contributed by atoms with van der Waals surface area (Å²) in [5.41, 5.74) is 2.73. The van der Waals surface area contributed by atoms with E-state index in [0.717, 1.165) is 0 Å². The summed E-state index contributed by atoms with van der Waals surface area (Å²) in [5.74, 6) is -1.60. The maximum absolute atomic E-state index is 13.0. The Labute approximate surface area is 126 Å². The van der Waals surface area contributed by atoms with Crippen LogP contribution in [0.3, 0.4) is 0 Å². The Morgan fingerprint density at radius 1 is 1.41 bits per heavy atom. The molecule has 0 atom stereocenters. The summed E-state index contributed by atoms with van der Waals surface area (Å²) in [6.07, 6.45) is 0.425. The summed E-state index contributed by atoms with van der Waals surface area (Å²) in [6, 6.07) is 5.46. The second-order valence-electron chi connectivity index (χ2n) is 4.81. The van der Waals surface area contributed by atoms with E-state index < -0.39 is 17.6 Å². The van der Waals surface area contributed by atoms with Crippen LogP contribution in [0.25, 0.3) is 0 Å². The van der Waals surface area contributed by atoms with Crippen molar-refractivity contribution >= 4 is 29.1 Å². The second-order valence-corrected chi connectivity index (χ2v) is 4.81. The predicted octanol–water partition coefficient (Wildman–Crippen LogP) is 0.489. The molecule has 7 nitrogen and oxygen atoms in total. The molecule has 8 heteroatoms. The molecular weight excluding hydrogens is 291 g/mol. The largest absolute Gasteiger partial charge is 0.331 e. The Balaban J connectivity index is 1.91. The van der Waals surface area contributed by atoms with E-state index in [1.165, 1.54) is 30.1 Å². The molecule has 0 unspecified atom stereocenters. The number of likely N-dealkylation sites (N-methyl/N-ethyl adjacent to an activating group) is 1. The average Bonchev–Trinajstić information content (AvgIpc) is 2.47. The number of amides is 3. The van der Waals surface area contributed by atoms with Crippen LogP contribution in [0.2, 0.25) is 0 Å². The number of nitrogens with zero attached hydrogens (tertiary/aromatic N) is 2. The van der Waals surface area contributed by atoms with Gasteiger partial charge >= 0.3 is 0 Å². The van der Waals surface area contributed by atoms with E-state index in [2.05, 4.69) is 15.8 Å². The minimum atomic E-state index is -0.463. The third kappa shape index (κ3) is 4.11. The van der Waals surface area contributed by atoms with Gasteiger partial charge in [-0.15, -0.1) is 0 Å². The minimum Gasteiger partial charge on any atom is -0.331 e. The van der Waals surface area contributed by atoms with Gasteiger partial charge in [0.2, 0.25) is 11.8 Å². The number of rotatable bonds is 4. The Morgan fingerprint density at radius 2 is 2.18 bits per heavy atom. The highest BCUT2D eigenvalue weighted by atomic mass is 19.1.